The van der Waals surface area contributed by atoms with E-state index in [0.29, 0.717) is 5.75 Å². The van der Waals surface area contributed by atoms with Gasteiger partial charge in [-0.2, -0.15) is 0 Å². The highest BCUT2D eigenvalue weighted by Gasteiger charge is 1.99. The lowest BCUT2D eigenvalue weighted by Gasteiger charge is -1.97. The normalized spacial score (nSPS) is 9.27. The molecule has 8 heteroatoms. The van der Waals surface area contributed by atoms with Gasteiger partial charge in [-0.05, 0) is 48.5 Å². The van der Waals surface area contributed by atoms with Gasteiger partial charge >= 0.3 is 10.9 Å². The summed E-state index contributed by atoms with van der Waals surface area (Å²) in [5.41, 5.74) is -1.76. The number of carbonyl (C=O) groups excluding carboxylic acids is 2. The quantitative estimate of drug-likeness (QED) is 0.592. The lowest BCUT2D eigenvalue weighted by Crippen LogP contribution is -1.95. The van der Waals surface area contributed by atoms with Crippen molar-refractivity contribution >= 4 is 50.0 Å². The molecule has 0 atom stereocenters. The molecule has 0 aliphatic carbocycles. The highest BCUT2D eigenvalue weighted by atomic mass is 79.9. The summed E-state index contributed by atoms with van der Waals surface area (Å²) in [5, 5.41) is 0. The molecule has 4 nitrogen and oxygen atoms in total. The standard InChI is InChI=1S/C7H4BrClO2.C7H4ClFO2/c8-5-1-3-6(4-2-5)11-7(9)10;8-7(10)11-6-3-1-5(9)2-4-6/h2*1-4H. The summed E-state index contributed by atoms with van der Waals surface area (Å²) >= 11 is 13.1. The zero-order valence-corrected chi connectivity index (χ0v) is 13.9. The fraction of sp³-hybridized carbons (Fsp3) is 0. The molecule has 0 spiro atoms. The first-order chi connectivity index (χ1) is 10.4. The first-order valence-corrected chi connectivity index (χ1v) is 7.17. The van der Waals surface area contributed by atoms with Crippen molar-refractivity contribution in [2.24, 2.45) is 0 Å². The van der Waals surface area contributed by atoms with Crippen molar-refractivity contribution in [3.63, 3.8) is 0 Å². The number of benzene rings is 2. The molecule has 2 aromatic carbocycles. The molecule has 0 amide bonds. The number of rotatable bonds is 2. The van der Waals surface area contributed by atoms with Gasteiger partial charge in [0.05, 0.1) is 0 Å². The topological polar surface area (TPSA) is 52.6 Å². The number of hydrogen-bond acceptors (Lipinski definition) is 4. The van der Waals surface area contributed by atoms with Crippen molar-refractivity contribution in [2.45, 2.75) is 0 Å². The van der Waals surface area contributed by atoms with E-state index in [1.165, 1.54) is 24.3 Å². The Balaban J connectivity index is 0.000000220. The van der Waals surface area contributed by atoms with Crippen LogP contribution in [0.15, 0.2) is 53.0 Å². The Morgan fingerprint density at radius 1 is 0.818 bits per heavy atom. The maximum atomic E-state index is 12.3. The highest BCUT2D eigenvalue weighted by Crippen LogP contribution is 2.16. The van der Waals surface area contributed by atoms with Crippen LogP contribution in [0.5, 0.6) is 11.5 Å². The van der Waals surface area contributed by atoms with Crippen molar-refractivity contribution < 1.29 is 23.5 Å². The van der Waals surface area contributed by atoms with Gasteiger partial charge in [-0.1, -0.05) is 15.9 Å². The third kappa shape index (κ3) is 7.97. The second-order valence-electron chi connectivity index (χ2n) is 3.59. The van der Waals surface area contributed by atoms with Crippen LogP contribution in [0.3, 0.4) is 0 Å². The second-order valence-corrected chi connectivity index (χ2v) is 5.12. The molecule has 0 saturated heterocycles. The van der Waals surface area contributed by atoms with Gasteiger partial charge in [0.2, 0.25) is 0 Å². The molecule has 0 bridgehead atoms. The van der Waals surface area contributed by atoms with Crippen molar-refractivity contribution in [1.29, 1.82) is 0 Å². The maximum Gasteiger partial charge on any atom is 0.409 e. The summed E-state index contributed by atoms with van der Waals surface area (Å²) in [6, 6.07) is 11.8. The van der Waals surface area contributed by atoms with E-state index in [2.05, 4.69) is 25.4 Å². The molecule has 0 aliphatic heterocycles. The predicted molar refractivity (Wildman–Crippen MR) is 84.3 cm³/mol. The van der Waals surface area contributed by atoms with E-state index in [9.17, 15) is 14.0 Å². The van der Waals surface area contributed by atoms with Gasteiger partial charge in [-0.25, -0.2) is 14.0 Å². The van der Waals surface area contributed by atoms with Crippen molar-refractivity contribution in [3.8, 4) is 11.5 Å². The molecular formula is C14H8BrCl2FO4. The van der Waals surface area contributed by atoms with E-state index in [1.807, 2.05) is 0 Å². The largest absolute Gasteiger partial charge is 0.415 e. The molecule has 0 heterocycles. The van der Waals surface area contributed by atoms with Gasteiger partial charge in [0.1, 0.15) is 17.3 Å². The number of hydrogen-bond donors (Lipinski definition) is 0. The van der Waals surface area contributed by atoms with Crippen LogP contribution < -0.4 is 9.47 Å². The molecule has 0 radical (unpaired) electrons. The average molecular weight is 410 g/mol. The fourth-order valence-corrected chi connectivity index (χ4v) is 1.63. The van der Waals surface area contributed by atoms with E-state index < -0.39 is 10.9 Å². The van der Waals surface area contributed by atoms with Gasteiger partial charge in [0.25, 0.3) is 0 Å². The molecule has 0 unspecified atom stereocenters. The Hall–Kier alpha value is -1.63. The van der Waals surface area contributed by atoms with Crippen LogP contribution in [0.2, 0.25) is 0 Å². The molecule has 2 aromatic rings. The predicted octanol–water partition coefficient (Wildman–Crippen LogP) is 5.75. The fourth-order valence-electron chi connectivity index (χ4n) is 1.19. The minimum Gasteiger partial charge on any atom is -0.415 e. The SMILES string of the molecule is O=C(Cl)Oc1ccc(Br)cc1.O=C(Cl)Oc1ccc(F)cc1. The molecule has 116 valence electrons. The third-order valence-corrected chi connectivity index (χ3v) is 2.71. The van der Waals surface area contributed by atoms with Gasteiger partial charge < -0.3 is 9.47 Å². The Morgan fingerprint density at radius 3 is 1.55 bits per heavy atom. The van der Waals surface area contributed by atoms with Gasteiger partial charge in [0.15, 0.2) is 0 Å². The first-order valence-electron chi connectivity index (χ1n) is 5.62. The van der Waals surface area contributed by atoms with Gasteiger partial charge in [-0.15, -0.1) is 0 Å². The van der Waals surface area contributed by atoms with Crippen LogP contribution in [0.1, 0.15) is 0 Å². The van der Waals surface area contributed by atoms with E-state index in [0.717, 1.165) is 4.47 Å². The van der Waals surface area contributed by atoms with Crippen LogP contribution in [0.25, 0.3) is 0 Å². The second kappa shape index (κ2) is 9.40. The molecule has 0 aliphatic rings. The zero-order chi connectivity index (χ0) is 16.5. The number of ether oxygens (including phenoxy) is 2. The maximum absolute atomic E-state index is 12.3. The minimum atomic E-state index is -0.934. The van der Waals surface area contributed by atoms with Crippen LogP contribution >= 0.6 is 39.1 Å². The first kappa shape index (κ1) is 18.4. The minimum absolute atomic E-state index is 0.228. The van der Waals surface area contributed by atoms with Crippen molar-refractivity contribution in [1.82, 2.24) is 0 Å². The summed E-state index contributed by atoms with van der Waals surface area (Å²) < 4.78 is 22.2. The van der Waals surface area contributed by atoms with Gasteiger partial charge in [0, 0.05) is 27.7 Å². The van der Waals surface area contributed by atoms with Crippen molar-refractivity contribution in [2.75, 3.05) is 0 Å². The summed E-state index contributed by atoms with van der Waals surface area (Å²) in [6.07, 6.45) is 0. The molecule has 22 heavy (non-hydrogen) atoms. The summed E-state index contributed by atoms with van der Waals surface area (Å²) in [5.74, 6) is 0.277. The Morgan fingerprint density at radius 2 is 1.18 bits per heavy atom. The monoisotopic (exact) mass is 408 g/mol. The Bertz CT molecular complexity index is 575. The van der Waals surface area contributed by atoms with Gasteiger partial charge in [-0.3, -0.25) is 0 Å². The molecule has 0 N–H and O–H groups in total. The zero-order valence-electron chi connectivity index (χ0n) is 10.8. The molecule has 2 rings (SSSR count). The smallest absolute Gasteiger partial charge is 0.409 e. The highest BCUT2D eigenvalue weighted by molar-refractivity contribution is 9.10. The van der Waals surface area contributed by atoms with Crippen LogP contribution in [-0.2, 0) is 0 Å². The average Bonchev–Trinajstić information content (AvgIpc) is 2.44. The number of carbonyl (C=O) groups is 2. The van der Waals surface area contributed by atoms with E-state index in [1.54, 1.807) is 24.3 Å². The van der Waals surface area contributed by atoms with E-state index >= 15 is 0 Å². The molecule has 0 fully saturated rings. The molecule has 0 aromatic heterocycles. The molecular weight excluding hydrogens is 402 g/mol. The number of halogens is 4. The summed E-state index contributed by atoms with van der Waals surface area (Å²) in [7, 11) is 0. The van der Waals surface area contributed by atoms with Crippen LogP contribution in [0, 0.1) is 5.82 Å². The molecule has 0 saturated carbocycles. The van der Waals surface area contributed by atoms with Crippen LogP contribution in [-0.4, -0.2) is 10.9 Å². The van der Waals surface area contributed by atoms with Crippen molar-refractivity contribution in [3.05, 3.63) is 58.8 Å². The summed E-state index contributed by atoms with van der Waals surface area (Å²) in [4.78, 5) is 20.4. The lowest BCUT2D eigenvalue weighted by atomic mass is 10.3. The van der Waals surface area contributed by atoms with E-state index in [4.69, 9.17) is 23.2 Å². The Labute approximate surface area is 143 Å². The van der Waals surface area contributed by atoms with E-state index in [-0.39, 0.29) is 11.6 Å². The summed E-state index contributed by atoms with van der Waals surface area (Å²) in [6.45, 7) is 0. The lowest BCUT2D eigenvalue weighted by molar-refractivity contribution is 0.224. The van der Waals surface area contributed by atoms with Crippen LogP contribution in [0.4, 0.5) is 14.0 Å². The third-order valence-electron chi connectivity index (χ3n) is 2.02. The Kier molecular flexibility index (Phi) is 7.87.